The maximum Gasteiger partial charge on any atom is 0.252 e. The van der Waals surface area contributed by atoms with Crippen molar-refractivity contribution < 1.29 is 14.0 Å². The fourth-order valence-electron chi connectivity index (χ4n) is 3.90. The molecule has 1 aliphatic carbocycles. The number of benzene rings is 2. The van der Waals surface area contributed by atoms with Gasteiger partial charge in [-0.1, -0.05) is 56.4 Å². The van der Waals surface area contributed by atoms with E-state index in [9.17, 15) is 14.0 Å². The molecule has 1 fully saturated rings. The Bertz CT molecular complexity index is 866. The van der Waals surface area contributed by atoms with Crippen molar-refractivity contribution in [3.05, 3.63) is 65.5 Å². The highest BCUT2D eigenvalue weighted by atomic mass is 32.2. The SMILES string of the molecule is O=C(CSc1ccccc1C(=O)NCCc1cccc(F)c1)NC1CCCCCCC1. The molecule has 0 heterocycles. The minimum atomic E-state index is -0.275. The number of amides is 2. The van der Waals surface area contributed by atoms with Gasteiger partial charge in [0.05, 0.1) is 11.3 Å². The molecule has 2 aromatic rings. The van der Waals surface area contributed by atoms with Crippen LogP contribution in [0, 0.1) is 5.82 Å². The molecule has 0 atom stereocenters. The zero-order valence-corrected chi connectivity index (χ0v) is 18.7. The Balaban J connectivity index is 1.48. The Morgan fingerprint density at radius 1 is 0.968 bits per heavy atom. The minimum absolute atomic E-state index is 0.0249. The number of carbonyl (C=O) groups excluding carboxylic acids is 2. The first-order valence-electron chi connectivity index (χ1n) is 11.2. The first-order chi connectivity index (χ1) is 15.1. The van der Waals surface area contributed by atoms with Gasteiger partial charge in [-0.15, -0.1) is 11.8 Å². The molecule has 0 radical (unpaired) electrons. The van der Waals surface area contributed by atoms with E-state index in [4.69, 9.17) is 0 Å². The molecule has 2 aromatic carbocycles. The average molecular weight is 443 g/mol. The van der Waals surface area contributed by atoms with Crippen molar-refractivity contribution in [3.63, 3.8) is 0 Å². The zero-order chi connectivity index (χ0) is 21.9. The predicted octanol–water partition coefficient (Wildman–Crippen LogP) is 5.12. The second-order valence-corrected chi connectivity index (χ2v) is 9.05. The lowest BCUT2D eigenvalue weighted by Crippen LogP contribution is -2.36. The smallest absolute Gasteiger partial charge is 0.252 e. The van der Waals surface area contributed by atoms with E-state index in [0.29, 0.717) is 24.3 Å². The molecule has 2 amide bonds. The van der Waals surface area contributed by atoms with Crippen LogP contribution in [0.5, 0.6) is 0 Å². The third-order valence-electron chi connectivity index (χ3n) is 5.55. The first-order valence-corrected chi connectivity index (χ1v) is 12.1. The summed E-state index contributed by atoms with van der Waals surface area (Å²) in [6, 6.07) is 14.0. The molecule has 0 saturated heterocycles. The predicted molar refractivity (Wildman–Crippen MR) is 124 cm³/mol. The fraction of sp³-hybridized carbons (Fsp3) is 0.440. The van der Waals surface area contributed by atoms with E-state index in [1.54, 1.807) is 12.1 Å². The monoisotopic (exact) mass is 442 g/mol. The number of thioether (sulfide) groups is 1. The summed E-state index contributed by atoms with van der Waals surface area (Å²) in [5.41, 5.74) is 1.40. The molecular formula is C25H31FN2O2S. The second kappa shape index (κ2) is 12.5. The van der Waals surface area contributed by atoms with Gasteiger partial charge in [-0.3, -0.25) is 9.59 Å². The quantitative estimate of drug-likeness (QED) is 0.558. The molecule has 0 spiro atoms. The maximum atomic E-state index is 13.3. The van der Waals surface area contributed by atoms with E-state index in [1.165, 1.54) is 56.0 Å². The molecule has 1 saturated carbocycles. The van der Waals surface area contributed by atoms with Crippen LogP contribution in [-0.2, 0) is 11.2 Å². The Morgan fingerprint density at radius 3 is 2.48 bits per heavy atom. The Hall–Kier alpha value is -2.34. The maximum absolute atomic E-state index is 13.3. The van der Waals surface area contributed by atoms with Gasteiger partial charge in [0.25, 0.3) is 5.91 Å². The summed E-state index contributed by atoms with van der Waals surface area (Å²) in [7, 11) is 0. The van der Waals surface area contributed by atoms with Crippen LogP contribution in [0.15, 0.2) is 53.4 Å². The molecule has 0 unspecified atom stereocenters. The van der Waals surface area contributed by atoms with Gasteiger partial charge in [-0.05, 0) is 49.1 Å². The normalized spacial score (nSPS) is 15.0. The lowest BCUT2D eigenvalue weighted by Gasteiger charge is -2.21. The molecule has 0 aliphatic heterocycles. The van der Waals surface area contributed by atoms with Crippen molar-refractivity contribution in [3.8, 4) is 0 Å². The van der Waals surface area contributed by atoms with Crippen LogP contribution >= 0.6 is 11.8 Å². The fourth-order valence-corrected chi connectivity index (χ4v) is 4.76. The molecule has 3 rings (SSSR count). The lowest BCUT2D eigenvalue weighted by molar-refractivity contribution is -0.119. The van der Waals surface area contributed by atoms with Crippen LogP contribution < -0.4 is 10.6 Å². The molecule has 1 aliphatic rings. The molecule has 4 nitrogen and oxygen atoms in total. The van der Waals surface area contributed by atoms with Crippen LogP contribution in [0.1, 0.15) is 60.9 Å². The Morgan fingerprint density at radius 2 is 1.71 bits per heavy atom. The van der Waals surface area contributed by atoms with Crippen molar-refractivity contribution in [2.24, 2.45) is 0 Å². The van der Waals surface area contributed by atoms with Crippen LogP contribution in [0.3, 0.4) is 0 Å². The van der Waals surface area contributed by atoms with E-state index in [1.807, 2.05) is 24.3 Å². The largest absolute Gasteiger partial charge is 0.353 e. The Kier molecular flexibility index (Phi) is 9.40. The van der Waals surface area contributed by atoms with E-state index >= 15 is 0 Å². The number of hydrogen-bond acceptors (Lipinski definition) is 3. The number of rotatable bonds is 8. The summed E-state index contributed by atoms with van der Waals surface area (Å²) in [5.74, 6) is -0.135. The van der Waals surface area contributed by atoms with Crippen molar-refractivity contribution in [2.45, 2.75) is 62.3 Å². The lowest BCUT2D eigenvalue weighted by atomic mass is 9.97. The summed E-state index contributed by atoms with van der Waals surface area (Å²) in [4.78, 5) is 25.9. The highest BCUT2D eigenvalue weighted by Gasteiger charge is 2.16. The summed E-state index contributed by atoms with van der Waals surface area (Å²) in [5, 5.41) is 6.07. The zero-order valence-electron chi connectivity index (χ0n) is 17.9. The van der Waals surface area contributed by atoms with Crippen molar-refractivity contribution in [1.82, 2.24) is 10.6 Å². The van der Waals surface area contributed by atoms with Crippen molar-refractivity contribution in [1.29, 1.82) is 0 Å². The third-order valence-corrected chi connectivity index (χ3v) is 6.62. The topological polar surface area (TPSA) is 58.2 Å². The molecular weight excluding hydrogens is 411 g/mol. The minimum Gasteiger partial charge on any atom is -0.353 e. The number of nitrogens with one attached hydrogen (secondary N) is 2. The van der Waals surface area contributed by atoms with Gasteiger partial charge in [0, 0.05) is 17.5 Å². The van der Waals surface area contributed by atoms with Gasteiger partial charge in [-0.2, -0.15) is 0 Å². The van der Waals surface area contributed by atoms with E-state index in [2.05, 4.69) is 10.6 Å². The van der Waals surface area contributed by atoms with Gasteiger partial charge in [0.2, 0.25) is 5.91 Å². The molecule has 2 N–H and O–H groups in total. The summed E-state index contributed by atoms with van der Waals surface area (Å²) < 4.78 is 13.3. The van der Waals surface area contributed by atoms with E-state index in [0.717, 1.165) is 23.3 Å². The highest BCUT2D eigenvalue weighted by Crippen LogP contribution is 2.23. The van der Waals surface area contributed by atoms with Gasteiger partial charge in [0.15, 0.2) is 0 Å². The Labute approximate surface area is 188 Å². The summed E-state index contributed by atoms with van der Waals surface area (Å²) >= 11 is 1.39. The first kappa shape index (κ1) is 23.3. The van der Waals surface area contributed by atoms with Crippen molar-refractivity contribution >= 4 is 23.6 Å². The van der Waals surface area contributed by atoms with Gasteiger partial charge < -0.3 is 10.6 Å². The van der Waals surface area contributed by atoms with Crippen molar-refractivity contribution in [2.75, 3.05) is 12.3 Å². The third kappa shape index (κ3) is 8.02. The van der Waals surface area contributed by atoms with E-state index in [-0.39, 0.29) is 23.7 Å². The summed E-state index contributed by atoms with van der Waals surface area (Å²) in [6.45, 7) is 0.420. The van der Waals surface area contributed by atoms with Gasteiger partial charge in [-0.25, -0.2) is 4.39 Å². The molecule has 31 heavy (non-hydrogen) atoms. The standard InChI is InChI=1S/C25H31FN2O2S/c26-20-10-8-9-19(17-20)15-16-27-25(30)22-13-6-7-14-23(22)31-18-24(29)28-21-11-4-2-1-3-5-12-21/h6-10,13-14,17,21H,1-5,11-12,15-16,18H2,(H,27,30)(H,28,29). The molecule has 0 aromatic heterocycles. The molecule has 166 valence electrons. The summed E-state index contributed by atoms with van der Waals surface area (Å²) in [6.07, 6.45) is 8.83. The van der Waals surface area contributed by atoms with Crippen LogP contribution in [0.4, 0.5) is 4.39 Å². The number of hydrogen-bond donors (Lipinski definition) is 2. The average Bonchev–Trinajstić information content (AvgIpc) is 2.74. The van der Waals surface area contributed by atoms with Crippen LogP contribution in [-0.4, -0.2) is 30.2 Å². The number of carbonyl (C=O) groups is 2. The van der Waals surface area contributed by atoms with Gasteiger partial charge in [0.1, 0.15) is 5.82 Å². The second-order valence-electron chi connectivity index (χ2n) is 8.03. The van der Waals surface area contributed by atoms with Crippen LogP contribution in [0.25, 0.3) is 0 Å². The molecule has 0 bridgehead atoms. The van der Waals surface area contributed by atoms with Crippen LogP contribution in [0.2, 0.25) is 0 Å². The highest BCUT2D eigenvalue weighted by molar-refractivity contribution is 8.00. The number of halogens is 1. The van der Waals surface area contributed by atoms with Gasteiger partial charge >= 0.3 is 0 Å². The van der Waals surface area contributed by atoms with E-state index < -0.39 is 0 Å². The molecule has 6 heteroatoms.